The Kier molecular flexibility index (Phi) is 3.84. The molecule has 24 heavy (non-hydrogen) atoms. The van der Waals surface area contributed by atoms with Crippen LogP contribution in [0.5, 0.6) is 11.5 Å². The monoisotopic (exact) mass is 329 g/mol. The van der Waals surface area contributed by atoms with Gasteiger partial charge in [0.05, 0.1) is 13.0 Å². The number of carbonyl (C=O) groups excluding carboxylic acids is 1. The molecule has 0 spiro atoms. The Balaban J connectivity index is 1.63. The maximum absolute atomic E-state index is 11.8. The average Bonchev–Trinajstić information content (AvgIpc) is 2.92. The van der Waals surface area contributed by atoms with Crippen LogP contribution in [0.3, 0.4) is 0 Å². The van der Waals surface area contributed by atoms with Crippen LogP contribution in [-0.4, -0.2) is 41.1 Å². The van der Waals surface area contributed by atoms with Gasteiger partial charge in [-0.05, 0) is 31.0 Å². The predicted molar refractivity (Wildman–Crippen MR) is 84.9 cm³/mol. The van der Waals surface area contributed by atoms with Gasteiger partial charge in [0.1, 0.15) is 19.0 Å². The van der Waals surface area contributed by atoms with Crippen molar-refractivity contribution < 1.29 is 19.0 Å². The first-order valence-electron chi connectivity index (χ1n) is 8.16. The Morgan fingerprint density at radius 1 is 1.21 bits per heavy atom. The molecule has 2 aliphatic heterocycles. The van der Waals surface area contributed by atoms with Crippen LogP contribution in [0, 0.1) is 5.92 Å². The van der Waals surface area contributed by atoms with Crippen molar-refractivity contribution in [3.8, 4) is 22.9 Å². The van der Waals surface area contributed by atoms with Gasteiger partial charge in [0.2, 0.25) is 0 Å². The third-order valence-corrected chi connectivity index (χ3v) is 4.58. The quantitative estimate of drug-likeness (QED) is 0.783. The Bertz CT molecular complexity index is 771. The Morgan fingerprint density at radius 3 is 2.88 bits per heavy atom. The SMILES string of the molecule is COC(=O)C1CCc2nnc(-c3ccc4c(c3)OCCO4)n2CC1. The number of benzene rings is 1. The van der Waals surface area contributed by atoms with E-state index in [1.54, 1.807) is 0 Å². The second-order valence-corrected chi connectivity index (χ2v) is 6.00. The molecule has 0 aliphatic carbocycles. The summed E-state index contributed by atoms with van der Waals surface area (Å²) in [6.07, 6.45) is 2.19. The first-order chi connectivity index (χ1) is 11.8. The van der Waals surface area contributed by atoms with Crippen molar-refractivity contribution in [2.75, 3.05) is 20.3 Å². The number of methoxy groups -OCH3 is 1. The molecule has 2 aromatic rings. The van der Waals surface area contributed by atoms with E-state index in [1.165, 1.54) is 7.11 Å². The molecule has 1 unspecified atom stereocenters. The summed E-state index contributed by atoms with van der Waals surface area (Å²) < 4.78 is 18.2. The molecule has 3 heterocycles. The number of aromatic nitrogens is 3. The summed E-state index contributed by atoms with van der Waals surface area (Å²) in [5, 5.41) is 8.66. The van der Waals surface area contributed by atoms with E-state index in [0.717, 1.165) is 48.0 Å². The minimum Gasteiger partial charge on any atom is -0.486 e. The Hall–Kier alpha value is -2.57. The number of fused-ring (bicyclic) bond motifs is 2. The number of carbonyl (C=O) groups is 1. The molecule has 1 aromatic heterocycles. The molecule has 0 amide bonds. The highest BCUT2D eigenvalue weighted by Crippen LogP contribution is 2.35. The number of hydrogen-bond acceptors (Lipinski definition) is 6. The van der Waals surface area contributed by atoms with E-state index in [0.29, 0.717) is 19.8 Å². The van der Waals surface area contributed by atoms with Crippen LogP contribution in [0.15, 0.2) is 18.2 Å². The molecule has 4 rings (SSSR count). The molecular weight excluding hydrogens is 310 g/mol. The number of nitrogens with zero attached hydrogens (tertiary/aromatic N) is 3. The molecule has 0 saturated carbocycles. The van der Waals surface area contributed by atoms with Crippen molar-refractivity contribution in [3.63, 3.8) is 0 Å². The highest BCUT2D eigenvalue weighted by Gasteiger charge is 2.26. The summed E-state index contributed by atoms with van der Waals surface area (Å²) in [6.45, 7) is 1.82. The van der Waals surface area contributed by atoms with Crippen molar-refractivity contribution in [3.05, 3.63) is 24.0 Å². The van der Waals surface area contributed by atoms with Gasteiger partial charge in [-0.2, -0.15) is 0 Å². The van der Waals surface area contributed by atoms with Gasteiger partial charge in [-0.3, -0.25) is 4.79 Å². The van der Waals surface area contributed by atoms with Crippen LogP contribution in [-0.2, 0) is 22.5 Å². The summed E-state index contributed by atoms with van der Waals surface area (Å²) in [5.41, 5.74) is 0.939. The lowest BCUT2D eigenvalue weighted by Gasteiger charge is -2.19. The third kappa shape index (κ3) is 2.60. The minimum absolute atomic E-state index is 0.0789. The van der Waals surface area contributed by atoms with Gasteiger partial charge in [-0.15, -0.1) is 10.2 Å². The normalized spacial score (nSPS) is 19.3. The van der Waals surface area contributed by atoms with E-state index in [-0.39, 0.29) is 11.9 Å². The van der Waals surface area contributed by atoms with Crippen molar-refractivity contribution >= 4 is 5.97 Å². The fourth-order valence-electron chi connectivity index (χ4n) is 3.29. The maximum atomic E-state index is 11.8. The van der Waals surface area contributed by atoms with Crippen LogP contribution in [0.4, 0.5) is 0 Å². The molecule has 0 radical (unpaired) electrons. The largest absolute Gasteiger partial charge is 0.486 e. The zero-order chi connectivity index (χ0) is 16.5. The highest BCUT2D eigenvalue weighted by atomic mass is 16.6. The number of hydrogen-bond donors (Lipinski definition) is 0. The maximum Gasteiger partial charge on any atom is 0.308 e. The van der Waals surface area contributed by atoms with Crippen LogP contribution in [0.25, 0.3) is 11.4 Å². The molecular formula is C17H19N3O4. The zero-order valence-electron chi connectivity index (χ0n) is 13.5. The fraction of sp³-hybridized carbons (Fsp3) is 0.471. The second-order valence-electron chi connectivity index (χ2n) is 6.00. The second kappa shape index (κ2) is 6.14. The molecule has 7 nitrogen and oxygen atoms in total. The molecule has 1 aromatic carbocycles. The van der Waals surface area contributed by atoms with Gasteiger partial charge in [0, 0.05) is 18.5 Å². The van der Waals surface area contributed by atoms with Crippen LogP contribution in [0.2, 0.25) is 0 Å². The highest BCUT2D eigenvalue weighted by molar-refractivity contribution is 5.72. The first kappa shape index (κ1) is 15.0. The lowest BCUT2D eigenvalue weighted by atomic mass is 10.0. The van der Waals surface area contributed by atoms with E-state index >= 15 is 0 Å². The van der Waals surface area contributed by atoms with Crippen molar-refractivity contribution in [1.82, 2.24) is 14.8 Å². The zero-order valence-corrected chi connectivity index (χ0v) is 13.5. The fourth-order valence-corrected chi connectivity index (χ4v) is 3.29. The molecule has 1 atom stereocenters. The van der Waals surface area contributed by atoms with E-state index in [4.69, 9.17) is 14.2 Å². The van der Waals surface area contributed by atoms with Gasteiger partial charge in [-0.1, -0.05) is 0 Å². The Labute approximate surface area is 139 Å². The third-order valence-electron chi connectivity index (χ3n) is 4.58. The van der Waals surface area contributed by atoms with Gasteiger partial charge in [-0.25, -0.2) is 0 Å². The van der Waals surface area contributed by atoms with E-state index in [9.17, 15) is 4.79 Å². The van der Waals surface area contributed by atoms with Crippen molar-refractivity contribution in [2.24, 2.45) is 5.92 Å². The summed E-state index contributed by atoms with van der Waals surface area (Å²) in [7, 11) is 1.44. The Morgan fingerprint density at radius 2 is 2.04 bits per heavy atom. The molecule has 0 N–H and O–H groups in total. The summed E-state index contributed by atoms with van der Waals surface area (Å²) >= 11 is 0. The van der Waals surface area contributed by atoms with Gasteiger partial charge >= 0.3 is 5.97 Å². The lowest BCUT2D eigenvalue weighted by Crippen LogP contribution is -2.17. The first-order valence-corrected chi connectivity index (χ1v) is 8.16. The van der Waals surface area contributed by atoms with Crippen LogP contribution in [0.1, 0.15) is 18.7 Å². The smallest absolute Gasteiger partial charge is 0.308 e. The number of rotatable bonds is 2. The van der Waals surface area contributed by atoms with Gasteiger partial charge in [0.25, 0.3) is 0 Å². The molecule has 0 saturated heterocycles. The molecule has 0 bridgehead atoms. The average molecular weight is 329 g/mol. The molecule has 0 fully saturated rings. The van der Waals surface area contributed by atoms with E-state index in [1.807, 2.05) is 18.2 Å². The van der Waals surface area contributed by atoms with E-state index in [2.05, 4.69) is 14.8 Å². The predicted octanol–water partition coefficient (Wildman–Crippen LogP) is 1.84. The van der Waals surface area contributed by atoms with Crippen molar-refractivity contribution in [2.45, 2.75) is 25.8 Å². The minimum atomic E-state index is -0.144. The molecule has 2 aliphatic rings. The summed E-state index contributed by atoms with van der Waals surface area (Å²) in [6, 6.07) is 5.81. The molecule has 126 valence electrons. The standard InChI is InChI=1S/C17H19N3O4/c1-22-17(21)11-3-5-15-18-19-16(20(15)7-6-11)12-2-4-13-14(10-12)24-9-8-23-13/h2,4,10-11H,3,5-9H2,1H3. The molecule has 7 heteroatoms. The van der Waals surface area contributed by atoms with Gasteiger partial charge in [0.15, 0.2) is 17.3 Å². The lowest BCUT2D eigenvalue weighted by molar-refractivity contribution is -0.145. The number of esters is 1. The number of ether oxygens (including phenoxy) is 3. The van der Waals surface area contributed by atoms with E-state index < -0.39 is 0 Å². The van der Waals surface area contributed by atoms with Crippen LogP contribution < -0.4 is 9.47 Å². The van der Waals surface area contributed by atoms with Crippen molar-refractivity contribution in [1.29, 1.82) is 0 Å². The summed E-state index contributed by atoms with van der Waals surface area (Å²) in [5.74, 6) is 2.97. The number of aryl methyl sites for hydroxylation is 1. The van der Waals surface area contributed by atoms with Gasteiger partial charge < -0.3 is 18.8 Å². The van der Waals surface area contributed by atoms with Crippen LogP contribution >= 0.6 is 0 Å². The topological polar surface area (TPSA) is 75.5 Å². The summed E-state index contributed by atoms with van der Waals surface area (Å²) in [4.78, 5) is 11.8.